The Balaban J connectivity index is 2.22. The second-order valence-corrected chi connectivity index (χ2v) is 4.84. The molecule has 1 unspecified atom stereocenters. The molecule has 0 spiro atoms. The van der Waals surface area contributed by atoms with E-state index in [0.29, 0.717) is 0 Å². The molecule has 0 saturated heterocycles. The van der Waals surface area contributed by atoms with Crippen molar-refractivity contribution in [2.45, 2.75) is 58.6 Å². The number of hydrogen-bond acceptors (Lipinski definition) is 4. The molecule has 2 rings (SSSR count). The van der Waals surface area contributed by atoms with Gasteiger partial charge >= 0.3 is 0 Å². The zero-order valence-electron chi connectivity index (χ0n) is 11.2. The van der Waals surface area contributed by atoms with Crippen molar-refractivity contribution in [3.05, 3.63) is 11.4 Å². The molecule has 0 fully saturated rings. The molecule has 100 valence electrons. The Morgan fingerprint density at radius 3 is 3.00 bits per heavy atom. The molecule has 1 atom stereocenters. The fraction of sp³-hybridized carbons (Fsp3) is 0.769. The number of ether oxygens (including phenoxy) is 1. The lowest BCUT2D eigenvalue weighted by Crippen LogP contribution is -2.17. The van der Waals surface area contributed by atoms with Gasteiger partial charge in [0.05, 0.1) is 11.4 Å². The van der Waals surface area contributed by atoms with Crippen LogP contribution in [0.3, 0.4) is 0 Å². The third-order valence-electron chi connectivity index (χ3n) is 3.32. The summed E-state index contributed by atoms with van der Waals surface area (Å²) in [5.41, 5.74) is 2.13. The summed E-state index contributed by atoms with van der Waals surface area (Å²) in [6.07, 6.45) is 5.38. The molecule has 0 aliphatic heterocycles. The van der Waals surface area contributed by atoms with E-state index in [1.54, 1.807) is 6.92 Å². The van der Waals surface area contributed by atoms with Crippen molar-refractivity contribution in [2.24, 2.45) is 0 Å². The predicted octanol–water partition coefficient (Wildman–Crippen LogP) is 2.06. The molecule has 1 aliphatic rings. The van der Waals surface area contributed by atoms with Crippen LogP contribution in [0.2, 0.25) is 0 Å². The molecule has 0 N–H and O–H groups in total. The number of aryl methyl sites for hydroxylation is 2. The maximum absolute atomic E-state index is 11.1. The highest BCUT2D eigenvalue weighted by Gasteiger charge is 2.24. The monoisotopic (exact) mass is 251 g/mol. The van der Waals surface area contributed by atoms with Gasteiger partial charge in [-0.15, -0.1) is 5.10 Å². The van der Waals surface area contributed by atoms with Gasteiger partial charge in [-0.1, -0.05) is 18.1 Å². The van der Waals surface area contributed by atoms with E-state index in [4.69, 9.17) is 4.74 Å². The van der Waals surface area contributed by atoms with E-state index in [-0.39, 0.29) is 18.5 Å². The fourth-order valence-electron chi connectivity index (χ4n) is 2.44. The summed E-state index contributed by atoms with van der Waals surface area (Å²) < 4.78 is 7.67. The van der Waals surface area contributed by atoms with Crippen molar-refractivity contribution in [3.63, 3.8) is 0 Å². The molecule has 0 bridgehead atoms. The Morgan fingerprint density at radius 2 is 2.28 bits per heavy atom. The minimum atomic E-state index is -0.0286. The molecule has 1 aromatic heterocycles. The van der Waals surface area contributed by atoms with Crippen molar-refractivity contribution in [2.75, 3.05) is 6.61 Å². The average molecular weight is 251 g/mol. The second-order valence-electron chi connectivity index (χ2n) is 4.84. The summed E-state index contributed by atoms with van der Waals surface area (Å²) in [7, 11) is 0. The van der Waals surface area contributed by atoms with Crippen molar-refractivity contribution in [1.82, 2.24) is 15.0 Å². The predicted molar refractivity (Wildman–Crippen MR) is 67.2 cm³/mol. The number of aromatic nitrogens is 3. The van der Waals surface area contributed by atoms with Gasteiger partial charge in [0, 0.05) is 6.54 Å². The summed E-state index contributed by atoms with van der Waals surface area (Å²) in [5.74, 6) is 0.0640. The summed E-state index contributed by atoms with van der Waals surface area (Å²) in [6.45, 7) is 4.58. The number of rotatable bonds is 4. The molecule has 1 aliphatic carbocycles. The second kappa shape index (κ2) is 6.09. The standard InChI is InChI=1S/C13H21N3O2/c1-3-16-13-11(14-15-16)7-5-4-6-8-12(13)18-9-10(2)17/h12H,3-9H2,1-2H3. The van der Waals surface area contributed by atoms with Gasteiger partial charge < -0.3 is 4.74 Å². The van der Waals surface area contributed by atoms with Crippen LogP contribution in [-0.2, 0) is 22.5 Å². The largest absolute Gasteiger partial charge is 0.364 e. The van der Waals surface area contributed by atoms with E-state index >= 15 is 0 Å². The third-order valence-corrected chi connectivity index (χ3v) is 3.32. The Bertz CT molecular complexity index is 414. The highest BCUT2D eigenvalue weighted by atomic mass is 16.5. The van der Waals surface area contributed by atoms with Crippen LogP contribution in [0.4, 0.5) is 0 Å². The lowest BCUT2D eigenvalue weighted by molar-refractivity contribution is -0.123. The SMILES string of the molecule is CCn1nnc2c1C(OCC(C)=O)CCCCC2. The summed E-state index contributed by atoms with van der Waals surface area (Å²) >= 11 is 0. The van der Waals surface area contributed by atoms with Crippen LogP contribution in [-0.4, -0.2) is 27.4 Å². The van der Waals surface area contributed by atoms with E-state index in [1.165, 1.54) is 6.42 Å². The molecule has 5 heteroatoms. The topological polar surface area (TPSA) is 57.0 Å². The minimum absolute atomic E-state index is 0.0286. The molecule has 0 amide bonds. The quantitative estimate of drug-likeness (QED) is 0.822. The van der Waals surface area contributed by atoms with Crippen LogP contribution in [0.5, 0.6) is 0 Å². The lowest BCUT2D eigenvalue weighted by Gasteiger charge is -2.21. The summed E-state index contributed by atoms with van der Waals surface area (Å²) in [6, 6.07) is 0. The van der Waals surface area contributed by atoms with Crippen LogP contribution < -0.4 is 0 Å². The van der Waals surface area contributed by atoms with Gasteiger partial charge in [0.1, 0.15) is 12.7 Å². The van der Waals surface area contributed by atoms with Crippen LogP contribution in [0.25, 0.3) is 0 Å². The number of Topliss-reactive ketones (excluding diaryl/α,β-unsaturated/α-hetero) is 1. The fourth-order valence-corrected chi connectivity index (χ4v) is 2.44. The zero-order valence-corrected chi connectivity index (χ0v) is 11.2. The van der Waals surface area contributed by atoms with E-state index in [1.807, 2.05) is 4.68 Å². The molecule has 0 radical (unpaired) electrons. The van der Waals surface area contributed by atoms with Crippen molar-refractivity contribution >= 4 is 5.78 Å². The molecular formula is C13H21N3O2. The first kappa shape index (κ1) is 13.2. The zero-order chi connectivity index (χ0) is 13.0. The lowest BCUT2D eigenvalue weighted by atomic mass is 9.99. The van der Waals surface area contributed by atoms with Crippen LogP contribution in [0.15, 0.2) is 0 Å². The van der Waals surface area contributed by atoms with E-state index in [0.717, 1.165) is 43.6 Å². The highest BCUT2D eigenvalue weighted by Crippen LogP contribution is 2.29. The van der Waals surface area contributed by atoms with Crippen LogP contribution in [0.1, 0.15) is 57.0 Å². The highest BCUT2D eigenvalue weighted by molar-refractivity contribution is 5.76. The van der Waals surface area contributed by atoms with Crippen molar-refractivity contribution < 1.29 is 9.53 Å². The maximum Gasteiger partial charge on any atom is 0.155 e. The van der Waals surface area contributed by atoms with Gasteiger partial charge in [-0.3, -0.25) is 4.79 Å². The Kier molecular flexibility index (Phi) is 4.47. The maximum atomic E-state index is 11.1. The first-order valence-electron chi connectivity index (χ1n) is 6.75. The van der Waals surface area contributed by atoms with Gasteiger partial charge in [-0.2, -0.15) is 0 Å². The number of ketones is 1. The van der Waals surface area contributed by atoms with Crippen molar-refractivity contribution in [3.8, 4) is 0 Å². The number of carbonyl (C=O) groups is 1. The van der Waals surface area contributed by atoms with E-state index < -0.39 is 0 Å². The molecular weight excluding hydrogens is 230 g/mol. The molecule has 1 heterocycles. The minimum Gasteiger partial charge on any atom is -0.364 e. The van der Waals surface area contributed by atoms with Gasteiger partial charge in [0.25, 0.3) is 0 Å². The van der Waals surface area contributed by atoms with E-state index in [9.17, 15) is 4.79 Å². The summed E-state index contributed by atoms with van der Waals surface area (Å²) in [5, 5.41) is 8.43. The summed E-state index contributed by atoms with van der Waals surface area (Å²) in [4.78, 5) is 11.1. The number of nitrogens with zero attached hydrogens (tertiary/aromatic N) is 3. The van der Waals surface area contributed by atoms with Gasteiger partial charge in [0.2, 0.25) is 0 Å². The number of hydrogen-bond donors (Lipinski definition) is 0. The number of carbonyl (C=O) groups excluding carboxylic acids is 1. The van der Waals surface area contributed by atoms with Gasteiger partial charge in [-0.05, 0) is 33.1 Å². The molecule has 1 aromatic rings. The van der Waals surface area contributed by atoms with Crippen molar-refractivity contribution in [1.29, 1.82) is 0 Å². The molecule has 0 saturated carbocycles. The van der Waals surface area contributed by atoms with Crippen LogP contribution >= 0.6 is 0 Å². The molecule has 0 aromatic carbocycles. The van der Waals surface area contributed by atoms with E-state index in [2.05, 4.69) is 17.2 Å². The van der Waals surface area contributed by atoms with Gasteiger partial charge in [0.15, 0.2) is 5.78 Å². The average Bonchev–Trinajstić information content (AvgIpc) is 2.71. The third kappa shape index (κ3) is 2.96. The molecule has 5 nitrogen and oxygen atoms in total. The first-order valence-corrected chi connectivity index (χ1v) is 6.75. The Hall–Kier alpha value is -1.23. The first-order chi connectivity index (χ1) is 8.72. The smallest absolute Gasteiger partial charge is 0.155 e. The number of fused-ring (bicyclic) bond motifs is 1. The molecule has 18 heavy (non-hydrogen) atoms. The normalized spacial score (nSPS) is 20.0. The van der Waals surface area contributed by atoms with Gasteiger partial charge in [-0.25, -0.2) is 4.68 Å². The Morgan fingerprint density at radius 1 is 1.44 bits per heavy atom. The Labute approximate surface area is 108 Å². The van der Waals surface area contributed by atoms with Crippen LogP contribution in [0, 0.1) is 0 Å².